The smallest absolute Gasteiger partial charge is 0.0468 e. The lowest BCUT2D eigenvalue weighted by Crippen LogP contribution is -2.23. The van der Waals surface area contributed by atoms with Crippen molar-refractivity contribution in [3.05, 3.63) is 24.3 Å². The second-order valence-electron chi connectivity index (χ2n) is 3.89. The zero-order chi connectivity index (χ0) is 9.80. The number of nitrogens with two attached hydrogens (primary N) is 1. The van der Waals surface area contributed by atoms with Crippen LogP contribution in [0.2, 0.25) is 0 Å². The topological polar surface area (TPSA) is 29.3 Å². The molecule has 0 bridgehead atoms. The van der Waals surface area contributed by atoms with Crippen LogP contribution in [-0.2, 0) is 0 Å². The maximum Gasteiger partial charge on any atom is 0.0468 e. The Balaban J connectivity index is 2.12. The van der Waals surface area contributed by atoms with Crippen LogP contribution in [0.3, 0.4) is 0 Å². The van der Waals surface area contributed by atoms with E-state index in [1.165, 1.54) is 25.7 Å². The first-order valence-electron chi connectivity index (χ1n) is 5.39. The van der Waals surface area contributed by atoms with Gasteiger partial charge in [0.1, 0.15) is 0 Å². The number of anilines is 2. The van der Waals surface area contributed by atoms with Crippen LogP contribution < -0.4 is 10.6 Å². The van der Waals surface area contributed by atoms with E-state index in [1.807, 2.05) is 12.1 Å². The second-order valence-corrected chi connectivity index (χ2v) is 3.89. The van der Waals surface area contributed by atoms with Gasteiger partial charge in [-0.15, -0.1) is 0 Å². The van der Waals surface area contributed by atoms with Crippen LogP contribution in [0.15, 0.2) is 18.2 Å². The minimum absolute atomic E-state index is 0.742. The van der Waals surface area contributed by atoms with Gasteiger partial charge in [-0.05, 0) is 25.0 Å². The Kier molecular flexibility index (Phi) is 2.92. The summed E-state index contributed by atoms with van der Waals surface area (Å²) in [5.41, 5.74) is 7.62. The molecule has 0 saturated carbocycles. The molecule has 14 heavy (non-hydrogen) atoms. The zero-order valence-corrected chi connectivity index (χ0v) is 8.50. The molecule has 1 saturated heterocycles. The summed E-state index contributed by atoms with van der Waals surface area (Å²) in [6, 6.07) is 9.20. The van der Waals surface area contributed by atoms with Crippen LogP contribution in [0.25, 0.3) is 0 Å². The molecule has 0 unspecified atom stereocenters. The van der Waals surface area contributed by atoms with E-state index in [2.05, 4.69) is 17.0 Å². The molecule has 0 aromatic heterocycles. The molecule has 1 heterocycles. The number of rotatable bonds is 1. The van der Waals surface area contributed by atoms with Crippen molar-refractivity contribution in [2.45, 2.75) is 25.7 Å². The van der Waals surface area contributed by atoms with Crippen molar-refractivity contribution in [1.29, 1.82) is 0 Å². The SMILES string of the molecule is Nc1[c]c(N2CCCCCC2)ccc1. The van der Waals surface area contributed by atoms with Crippen LogP contribution in [0.1, 0.15) is 25.7 Å². The average molecular weight is 189 g/mol. The summed E-state index contributed by atoms with van der Waals surface area (Å²) in [6.45, 7) is 2.31. The van der Waals surface area contributed by atoms with Gasteiger partial charge in [0, 0.05) is 30.5 Å². The van der Waals surface area contributed by atoms with E-state index >= 15 is 0 Å². The minimum atomic E-state index is 0.742. The highest BCUT2D eigenvalue weighted by molar-refractivity contribution is 5.54. The van der Waals surface area contributed by atoms with E-state index < -0.39 is 0 Å². The van der Waals surface area contributed by atoms with Crippen molar-refractivity contribution in [2.75, 3.05) is 23.7 Å². The minimum Gasteiger partial charge on any atom is -0.398 e. The fraction of sp³-hybridized carbons (Fsp3) is 0.500. The number of hydrogen-bond acceptors (Lipinski definition) is 2. The molecular formula is C12H17N2. The van der Waals surface area contributed by atoms with Gasteiger partial charge in [-0.3, -0.25) is 0 Å². The Labute approximate surface area is 85.7 Å². The summed E-state index contributed by atoms with van der Waals surface area (Å²) in [5, 5.41) is 0. The summed E-state index contributed by atoms with van der Waals surface area (Å²) in [7, 11) is 0. The molecule has 75 valence electrons. The lowest BCUT2D eigenvalue weighted by atomic mass is 10.2. The Bertz CT molecular complexity index is 288. The first-order valence-corrected chi connectivity index (χ1v) is 5.39. The van der Waals surface area contributed by atoms with Gasteiger partial charge in [-0.2, -0.15) is 0 Å². The summed E-state index contributed by atoms with van der Waals surface area (Å²) in [4.78, 5) is 2.39. The highest BCUT2D eigenvalue weighted by Crippen LogP contribution is 2.20. The molecule has 1 fully saturated rings. The van der Waals surface area contributed by atoms with Gasteiger partial charge in [0.05, 0.1) is 0 Å². The molecule has 0 amide bonds. The quantitative estimate of drug-likeness (QED) is 0.687. The molecule has 0 aliphatic carbocycles. The third kappa shape index (κ3) is 2.19. The molecule has 0 atom stereocenters. The van der Waals surface area contributed by atoms with E-state index in [-0.39, 0.29) is 0 Å². The van der Waals surface area contributed by atoms with Crippen molar-refractivity contribution < 1.29 is 0 Å². The standard InChI is InChI=1S/C12H17N2/c13-11-6-5-7-12(10-11)14-8-3-1-2-4-9-14/h5-7H,1-4,8-9,13H2. The molecule has 1 aromatic rings. The maximum absolute atomic E-state index is 5.72. The van der Waals surface area contributed by atoms with Crippen molar-refractivity contribution in [3.8, 4) is 0 Å². The average Bonchev–Trinajstić information content (AvgIpc) is 2.45. The number of nitrogens with zero attached hydrogens (tertiary/aromatic N) is 1. The van der Waals surface area contributed by atoms with Crippen LogP contribution in [0, 0.1) is 6.07 Å². The van der Waals surface area contributed by atoms with Gasteiger partial charge < -0.3 is 10.6 Å². The van der Waals surface area contributed by atoms with E-state index in [4.69, 9.17) is 5.73 Å². The van der Waals surface area contributed by atoms with E-state index in [9.17, 15) is 0 Å². The Morgan fingerprint density at radius 3 is 2.43 bits per heavy atom. The summed E-state index contributed by atoms with van der Waals surface area (Å²) < 4.78 is 0. The van der Waals surface area contributed by atoms with Gasteiger partial charge in [0.25, 0.3) is 0 Å². The second kappa shape index (κ2) is 4.36. The van der Waals surface area contributed by atoms with Crippen molar-refractivity contribution in [1.82, 2.24) is 0 Å². The maximum atomic E-state index is 5.72. The Morgan fingerprint density at radius 2 is 1.79 bits per heavy atom. The normalized spacial score (nSPS) is 17.9. The first kappa shape index (κ1) is 9.38. The van der Waals surface area contributed by atoms with Crippen LogP contribution in [0.5, 0.6) is 0 Å². The van der Waals surface area contributed by atoms with Crippen LogP contribution in [-0.4, -0.2) is 13.1 Å². The lowest BCUT2D eigenvalue weighted by Gasteiger charge is -2.22. The van der Waals surface area contributed by atoms with Crippen LogP contribution in [0.4, 0.5) is 11.4 Å². The first-order chi connectivity index (χ1) is 6.86. The molecule has 2 N–H and O–H groups in total. The summed E-state index contributed by atoms with van der Waals surface area (Å²) >= 11 is 0. The molecule has 1 aromatic carbocycles. The predicted octanol–water partition coefficient (Wildman–Crippen LogP) is 2.45. The fourth-order valence-electron chi connectivity index (χ4n) is 1.97. The zero-order valence-electron chi connectivity index (χ0n) is 8.50. The molecule has 1 aliphatic rings. The van der Waals surface area contributed by atoms with Gasteiger partial charge in [-0.1, -0.05) is 18.9 Å². The number of nitrogen functional groups attached to an aromatic ring is 1. The third-order valence-corrected chi connectivity index (χ3v) is 2.75. The predicted molar refractivity (Wildman–Crippen MR) is 60.4 cm³/mol. The Morgan fingerprint density at radius 1 is 1.07 bits per heavy atom. The number of benzene rings is 1. The largest absolute Gasteiger partial charge is 0.398 e. The van der Waals surface area contributed by atoms with Crippen LogP contribution >= 0.6 is 0 Å². The fourth-order valence-corrected chi connectivity index (χ4v) is 1.97. The summed E-state index contributed by atoms with van der Waals surface area (Å²) in [5.74, 6) is 0. The van der Waals surface area contributed by atoms with Gasteiger partial charge >= 0.3 is 0 Å². The molecule has 2 nitrogen and oxygen atoms in total. The Hall–Kier alpha value is -1.18. The van der Waals surface area contributed by atoms with Gasteiger partial charge in [0.15, 0.2) is 0 Å². The molecule has 1 aliphatic heterocycles. The van der Waals surface area contributed by atoms with Gasteiger partial charge in [-0.25, -0.2) is 0 Å². The van der Waals surface area contributed by atoms with E-state index in [0.29, 0.717) is 0 Å². The van der Waals surface area contributed by atoms with Crippen molar-refractivity contribution in [2.24, 2.45) is 0 Å². The van der Waals surface area contributed by atoms with Crippen molar-refractivity contribution >= 4 is 11.4 Å². The summed E-state index contributed by atoms with van der Waals surface area (Å²) in [6.07, 6.45) is 5.31. The van der Waals surface area contributed by atoms with Crippen molar-refractivity contribution in [3.63, 3.8) is 0 Å². The third-order valence-electron chi connectivity index (χ3n) is 2.75. The highest BCUT2D eigenvalue weighted by atomic mass is 15.1. The molecule has 2 heteroatoms. The van der Waals surface area contributed by atoms with Gasteiger partial charge in [0.2, 0.25) is 0 Å². The monoisotopic (exact) mass is 189 g/mol. The molecule has 2 rings (SSSR count). The molecular weight excluding hydrogens is 172 g/mol. The lowest BCUT2D eigenvalue weighted by molar-refractivity contribution is 0.726. The molecule has 1 radical (unpaired) electrons. The highest BCUT2D eigenvalue weighted by Gasteiger charge is 2.09. The molecule has 0 spiro atoms. The number of hydrogen-bond donors (Lipinski definition) is 1. The van der Waals surface area contributed by atoms with E-state index in [0.717, 1.165) is 24.5 Å². The van der Waals surface area contributed by atoms with E-state index in [1.54, 1.807) is 0 Å².